The number of carbonyl (C=O) groups excluding carboxylic acids is 1. The highest BCUT2D eigenvalue weighted by Gasteiger charge is 2.32. The molecule has 0 aliphatic carbocycles. The van der Waals surface area contributed by atoms with E-state index in [2.05, 4.69) is 26.1 Å². The van der Waals surface area contributed by atoms with Gasteiger partial charge >= 0.3 is 7.67 Å². The molecule has 0 aromatic heterocycles. The molecule has 1 amide bonds. The van der Waals surface area contributed by atoms with Gasteiger partial charge in [0.05, 0.1) is 6.61 Å². The van der Waals surface area contributed by atoms with Crippen LogP contribution < -0.4 is 10.2 Å². The van der Waals surface area contributed by atoms with Crippen LogP contribution in [0.4, 0.5) is 0 Å². The zero-order valence-electron chi connectivity index (χ0n) is 7.26. The van der Waals surface area contributed by atoms with E-state index in [-0.39, 0.29) is 6.61 Å². The van der Waals surface area contributed by atoms with Crippen LogP contribution in [0.5, 0.6) is 0 Å². The molecule has 1 atom stereocenters. The van der Waals surface area contributed by atoms with Crippen LogP contribution in [0.2, 0.25) is 0 Å². The van der Waals surface area contributed by atoms with Crippen molar-refractivity contribution in [2.75, 3.05) is 6.61 Å². The fraction of sp³-hybridized carbons (Fsp3) is 0.500. The summed E-state index contributed by atoms with van der Waals surface area (Å²) in [5, 5.41) is 4.86. The Balaban J connectivity index is 2.90. The lowest BCUT2D eigenvalue weighted by Gasteiger charge is -2.25. The zero-order chi connectivity index (χ0) is 10.1. The lowest BCUT2D eigenvalue weighted by atomic mass is 10.4. The number of hydrogen-bond acceptors (Lipinski definition) is 3. The average Bonchev–Trinajstić information content (AvgIpc) is 2.00. The molecule has 1 aliphatic rings. The molecule has 74 valence electrons. The first-order valence-corrected chi connectivity index (χ1v) is 6.12. The van der Waals surface area contributed by atoms with Crippen molar-refractivity contribution < 1.29 is 13.9 Å². The number of hydrogen-bond donors (Lipinski definition) is 2. The molecule has 1 aliphatic heterocycles. The van der Waals surface area contributed by atoms with Crippen molar-refractivity contribution in [1.29, 1.82) is 0 Å². The minimum absolute atomic E-state index is 0.273. The molecule has 0 saturated heterocycles. The summed E-state index contributed by atoms with van der Waals surface area (Å²) in [6, 6.07) is 0. The Labute approximate surface area is 84.6 Å². The lowest BCUT2D eigenvalue weighted by molar-refractivity contribution is -0.115. The van der Waals surface area contributed by atoms with Crippen molar-refractivity contribution in [3.8, 4) is 0 Å². The quantitative estimate of drug-likeness (QED) is 0.745. The molecule has 5 nitrogen and oxygen atoms in total. The van der Waals surface area contributed by atoms with E-state index < -0.39 is 13.6 Å². The van der Waals surface area contributed by atoms with Crippen molar-refractivity contribution in [2.45, 2.75) is 13.8 Å². The molecular formula is C6H10BrN2O3P. The number of carbonyl (C=O) groups is 1. The molecule has 0 radical (unpaired) electrons. The van der Waals surface area contributed by atoms with Crippen LogP contribution in [0, 0.1) is 0 Å². The fourth-order valence-electron chi connectivity index (χ4n) is 0.897. The van der Waals surface area contributed by atoms with E-state index in [4.69, 9.17) is 4.52 Å². The van der Waals surface area contributed by atoms with Crippen LogP contribution in [-0.4, -0.2) is 12.5 Å². The molecule has 1 unspecified atom stereocenters. The highest BCUT2D eigenvalue weighted by Crippen LogP contribution is 2.42. The number of rotatable bonds is 2. The summed E-state index contributed by atoms with van der Waals surface area (Å²) in [4.78, 5) is 11.2. The van der Waals surface area contributed by atoms with Gasteiger partial charge in [-0.3, -0.25) is 14.4 Å². The van der Waals surface area contributed by atoms with Crippen LogP contribution in [0.15, 0.2) is 10.2 Å². The summed E-state index contributed by atoms with van der Waals surface area (Å²) < 4.78 is 16.9. The number of amides is 1. The summed E-state index contributed by atoms with van der Waals surface area (Å²) in [5.74, 6) is -0.423. The summed E-state index contributed by atoms with van der Waals surface area (Å²) >= 11 is 3.05. The van der Waals surface area contributed by atoms with Gasteiger partial charge in [-0.1, -0.05) is 0 Å². The van der Waals surface area contributed by atoms with Gasteiger partial charge in [-0.2, -0.15) is 0 Å². The molecule has 0 bridgehead atoms. The van der Waals surface area contributed by atoms with E-state index in [0.717, 1.165) is 0 Å². The summed E-state index contributed by atoms with van der Waals surface area (Å²) in [6.45, 7) is 3.63. The molecule has 0 fully saturated rings. The molecule has 2 N–H and O–H groups in total. The van der Waals surface area contributed by atoms with Gasteiger partial charge in [-0.25, -0.2) is 4.57 Å². The Morgan fingerprint density at radius 2 is 2.15 bits per heavy atom. The van der Waals surface area contributed by atoms with Gasteiger partial charge in [0.2, 0.25) is 0 Å². The van der Waals surface area contributed by atoms with E-state index in [0.29, 0.717) is 10.2 Å². The fourth-order valence-corrected chi connectivity index (χ4v) is 2.88. The third-order valence-corrected chi connectivity index (χ3v) is 4.11. The number of nitrogens with one attached hydrogen (secondary N) is 2. The molecule has 13 heavy (non-hydrogen) atoms. The second kappa shape index (κ2) is 3.82. The third-order valence-electron chi connectivity index (χ3n) is 1.40. The Morgan fingerprint density at radius 1 is 1.54 bits per heavy atom. The summed E-state index contributed by atoms with van der Waals surface area (Å²) in [6.07, 6.45) is 0. The van der Waals surface area contributed by atoms with Crippen LogP contribution in [0.25, 0.3) is 0 Å². The molecule has 0 spiro atoms. The van der Waals surface area contributed by atoms with Gasteiger partial charge in [0.15, 0.2) is 0 Å². The highest BCUT2D eigenvalue weighted by atomic mass is 79.9. The van der Waals surface area contributed by atoms with E-state index >= 15 is 0 Å². The predicted molar refractivity (Wildman–Crippen MR) is 52.1 cm³/mol. The minimum atomic E-state index is -3.20. The number of halogens is 1. The van der Waals surface area contributed by atoms with Crippen molar-refractivity contribution in [3.05, 3.63) is 10.2 Å². The van der Waals surface area contributed by atoms with E-state index in [1.165, 1.54) is 0 Å². The molecule has 1 rings (SSSR count). The standard InChI is InChI=1S/C6H10BrN2O3P/c1-3-12-13(11)8-4(2)5(7)6(10)9-13/h3H2,1-2H3,(H2,8,9,10,11). The molecular weight excluding hydrogens is 259 g/mol. The van der Waals surface area contributed by atoms with Gasteiger partial charge in [0, 0.05) is 5.70 Å². The van der Waals surface area contributed by atoms with Crippen molar-refractivity contribution in [1.82, 2.24) is 10.2 Å². The second-order valence-electron chi connectivity index (χ2n) is 2.46. The SMILES string of the molecule is CCOP1(=O)NC(=O)C(Br)=C(C)N1. The maximum Gasteiger partial charge on any atom is 0.394 e. The number of allylic oxidation sites excluding steroid dienone is 1. The monoisotopic (exact) mass is 268 g/mol. The van der Waals surface area contributed by atoms with E-state index in [9.17, 15) is 9.36 Å². The molecule has 7 heteroatoms. The zero-order valence-corrected chi connectivity index (χ0v) is 9.74. The Hall–Kier alpha value is -0.320. The first-order chi connectivity index (χ1) is 5.98. The normalized spacial score (nSPS) is 28.4. The van der Waals surface area contributed by atoms with Gasteiger partial charge in [0.25, 0.3) is 5.91 Å². The smallest absolute Gasteiger partial charge is 0.301 e. The molecule has 0 saturated carbocycles. The van der Waals surface area contributed by atoms with Crippen LogP contribution in [0.1, 0.15) is 13.8 Å². The summed E-state index contributed by atoms with van der Waals surface area (Å²) in [5.41, 5.74) is 0.514. The Bertz CT molecular complexity index is 315. The van der Waals surface area contributed by atoms with Crippen LogP contribution >= 0.6 is 23.6 Å². The molecule has 1 heterocycles. The van der Waals surface area contributed by atoms with Crippen molar-refractivity contribution in [3.63, 3.8) is 0 Å². The van der Waals surface area contributed by atoms with Crippen LogP contribution in [-0.2, 0) is 13.9 Å². The minimum Gasteiger partial charge on any atom is -0.301 e. The van der Waals surface area contributed by atoms with Crippen molar-refractivity contribution >= 4 is 29.5 Å². The van der Waals surface area contributed by atoms with Gasteiger partial charge < -0.3 is 5.09 Å². The third kappa shape index (κ3) is 2.33. The maximum absolute atomic E-state index is 11.7. The van der Waals surface area contributed by atoms with Crippen molar-refractivity contribution in [2.24, 2.45) is 0 Å². The van der Waals surface area contributed by atoms with E-state index in [1.54, 1.807) is 13.8 Å². The first kappa shape index (κ1) is 10.8. The predicted octanol–water partition coefficient (Wildman–Crippen LogP) is 1.48. The molecule has 0 aromatic rings. The van der Waals surface area contributed by atoms with Gasteiger partial charge in [0.1, 0.15) is 4.48 Å². The lowest BCUT2D eigenvalue weighted by Crippen LogP contribution is -2.34. The molecule has 0 aromatic carbocycles. The van der Waals surface area contributed by atoms with Gasteiger partial charge in [-0.05, 0) is 29.8 Å². The topological polar surface area (TPSA) is 67.4 Å². The van der Waals surface area contributed by atoms with Gasteiger partial charge in [-0.15, -0.1) is 0 Å². The average molecular weight is 269 g/mol. The Morgan fingerprint density at radius 3 is 2.62 bits per heavy atom. The van der Waals surface area contributed by atoms with E-state index in [1.807, 2.05) is 0 Å². The second-order valence-corrected chi connectivity index (χ2v) is 5.06. The largest absolute Gasteiger partial charge is 0.394 e. The van der Waals surface area contributed by atoms with Crippen LogP contribution in [0.3, 0.4) is 0 Å². The summed E-state index contributed by atoms with van der Waals surface area (Å²) in [7, 11) is -3.20. The maximum atomic E-state index is 11.7. The first-order valence-electron chi connectivity index (χ1n) is 3.70. The highest BCUT2D eigenvalue weighted by molar-refractivity contribution is 9.12. The Kier molecular flexibility index (Phi) is 3.16.